The van der Waals surface area contributed by atoms with Gasteiger partial charge in [-0.2, -0.15) is 0 Å². The first-order chi connectivity index (χ1) is 13.0. The molecule has 0 heterocycles. The fourth-order valence-corrected chi connectivity index (χ4v) is 9.70. The van der Waals surface area contributed by atoms with Crippen LogP contribution in [0.4, 0.5) is 0 Å². The highest BCUT2D eigenvalue weighted by Gasteiger charge is 2.87. The van der Waals surface area contributed by atoms with Gasteiger partial charge in [0.1, 0.15) is 0 Å². The van der Waals surface area contributed by atoms with Crippen molar-refractivity contribution in [1.29, 1.82) is 0 Å². The first kappa shape index (κ1) is 23.3. The molecule has 160 valence electrons. The predicted molar refractivity (Wildman–Crippen MR) is 122 cm³/mol. The highest BCUT2D eigenvalue weighted by Crippen LogP contribution is 2.93. The third-order valence-electron chi connectivity index (χ3n) is 10.2. The second-order valence-corrected chi connectivity index (χ2v) is 10.4. The molecule has 4 aliphatic carbocycles. The largest absolute Gasteiger partial charge is 0.0683 e. The lowest BCUT2D eigenvalue weighted by molar-refractivity contribution is 0.0323. The van der Waals surface area contributed by atoms with Gasteiger partial charge in [0.25, 0.3) is 0 Å². The van der Waals surface area contributed by atoms with E-state index in [0.29, 0.717) is 10.8 Å². The van der Waals surface area contributed by atoms with Crippen LogP contribution in [0.3, 0.4) is 0 Å². The number of hydrogen-bond acceptors (Lipinski definition) is 0. The van der Waals surface area contributed by atoms with Crippen molar-refractivity contribution in [2.45, 2.75) is 133 Å². The monoisotopic (exact) mass is 376 g/mol. The second-order valence-electron chi connectivity index (χ2n) is 10.4. The van der Waals surface area contributed by atoms with Gasteiger partial charge in [0.2, 0.25) is 0 Å². The summed E-state index contributed by atoms with van der Waals surface area (Å²) in [5, 5.41) is 0. The Bertz CT molecular complexity index is 480. The summed E-state index contributed by atoms with van der Waals surface area (Å²) in [5.74, 6) is 3.21. The zero-order chi connectivity index (χ0) is 20.5. The van der Waals surface area contributed by atoms with Crippen LogP contribution in [0.25, 0.3) is 0 Å². The second kappa shape index (κ2) is 8.39. The van der Waals surface area contributed by atoms with E-state index in [9.17, 15) is 0 Å². The Morgan fingerprint density at radius 2 is 1.33 bits per heavy atom. The molecule has 0 saturated heterocycles. The summed E-state index contributed by atoms with van der Waals surface area (Å²) in [5.41, 5.74) is 2.88. The van der Waals surface area contributed by atoms with Gasteiger partial charge in [-0.1, -0.05) is 81.6 Å². The molecule has 0 N–H and O–H groups in total. The van der Waals surface area contributed by atoms with E-state index in [2.05, 4.69) is 34.6 Å². The molecule has 4 fully saturated rings. The molecule has 0 bridgehead atoms. The van der Waals surface area contributed by atoms with Gasteiger partial charge in [-0.3, -0.25) is 0 Å². The van der Waals surface area contributed by atoms with Crippen molar-refractivity contribution in [3.63, 3.8) is 0 Å². The highest BCUT2D eigenvalue weighted by molar-refractivity contribution is 5.35. The minimum Gasteiger partial charge on any atom is -0.0683 e. The maximum absolute atomic E-state index is 2.72. The zero-order valence-corrected chi connectivity index (χ0v) is 20.5. The Morgan fingerprint density at radius 3 is 1.89 bits per heavy atom. The van der Waals surface area contributed by atoms with Crippen LogP contribution in [0.15, 0.2) is 0 Å². The summed E-state index contributed by atoms with van der Waals surface area (Å²) < 4.78 is 0. The van der Waals surface area contributed by atoms with Crippen LogP contribution in [-0.2, 0) is 0 Å². The maximum Gasteiger partial charge on any atom is -0.0148 e. The molecule has 0 radical (unpaired) electrons. The fraction of sp³-hybridized carbons (Fsp3) is 1.00. The highest BCUT2D eigenvalue weighted by atomic mass is 14.9. The SMILES string of the molecule is CC.CC.CCCC1(C)CCC23C4CCC(CC)C4(C)CCC2C13CCC. The Labute approximate surface area is 172 Å². The summed E-state index contributed by atoms with van der Waals surface area (Å²) in [4.78, 5) is 0. The third-order valence-corrected chi connectivity index (χ3v) is 10.2. The molecule has 4 aliphatic rings. The van der Waals surface area contributed by atoms with Crippen molar-refractivity contribution in [2.75, 3.05) is 0 Å². The van der Waals surface area contributed by atoms with Gasteiger partial charge in [0.15, 0.2) is 0 Å². The lowest BCUT2D eigenvalue weighted by Crippen LogP contribution is -2.38. The lowest BCUT2D eigenvalue weighted by Gasteiger charge is -2.45. The van der Waals surface area contributed by atoms with E-state index in [0.717, 1.165) is 28.6 Å². The van der Waals surface area contributed by atoms with Crippen molar-refractivity contribution in [3.8, 4) is 0 Å². The molecule has 0 aromatic carbocycles. The molecular formula is C27H52. The molecule has 4 rings (SSSR count). The average Bonchev–Trinajstić information content (AvgIpc) is 2.97. The summed E-state index contributed by atoms with van der Waals surface area (Å²) in [6.45, 7) is 20.8. The van der Waals surface area contributed by atoms with E-state index in [-0.39, 0.29) is 0 Å². The fourth-order valence-electron chi connectivity index (χ4n) is 9.70. The van der Waals surface area contributed by atoms with E-state index in [4.69, 9.17) is 0 Å². The number of rotatable bonds is 5. The standard InChI is InChI=1S/C23H40.2C2H6/c1-6-12-20(4)15-16-22-18-10-9-17(8-3)21(18,5)14-11-19(22)23(20,22)13-7-2;2*1-2/h17-19H,6-16H2,1-5H3;2*1-2H3. The molecule has 0 heteroatoms. The Morgan fingerprint density at radius 1 is 0.704 bits per heavy atom. The Kier molecular flexibility index (Phi) is 7.24. The van der Waals surface area contributed by atoms with Crippen LogP contribution in [0.2, 0.25) is 0 Å². The number of fused-ring (bicyclic) bond motifs is 2. The molecule has 0 amide bonds. The molecule has 7 atom stereocenters. The summed E-state index contributed by atoms with van der Waals surface area (Å²) in [6, 6.07) is 0. The molecule has 27 heavy (non-hydrogen) atoms. The van der Waals surface area contributed by atoms with Crippen LogP contribution in [0.1, 0.15) is 133 Å². The molecule has 7 unspecified atom stereocenters. The van der Waals surface area contributed by atoms with Crippen molar-refractivity contribution in [2.24, 2.45) is 39.4 Å². The molecular weight excluding hydrogens is 324 g/mol. The van der Waals surface area contributed by atoms with Crippen molar-refractivity contribution in [1.82, 2.24) is 0 Å². The average molecular weight is 377 g/mol. The van der Waals surface area contributed by atoms with E-state index >= 15 is 0 Å². The number of hydrogen-bond donors (Lipinski definition) is 0. The first-order valence-electron chi connectivity index (χ1n) is 13.0. The van der Waals surface area contributed by atoms with E-state index in [1.165, 1.54) is 32.1 Å². The third kappa shape index (κ3) is 2.73. The summed E-state index contributed by atoms with van der Waals surface area (Å²) in [7, 11) is 0. The Hall–Kier alpha value is 0. The van der Waals surface area contributed by atoms with E-state index < -0.39 is 0 Å². The molecule has 0 nitrogen and oxygen atoms in total. The van der Waals surface area contributed by atoms with Gasteiger partial charge in [0, 0.05) is 0 Å². The molecule has 4 saturated carbocycles. The molecule has 0 aromatic heterocycles. The van der Waals surface area contributed by atoms with Crippen molar-refractivity contribution in [3.05, 3.63) is 0 Å². The topological polar surface area (TPSA) is 0 Å². The molecule has 0 aliphatic heterocycles. The lowest BCUT2D eigenvalue weighted by atomic mass is 9.59. The van der Waals surface area contributed by atoms with Crippen LogP contribution >= 0.6 is 0 Å². The van der Waals surface area contributed by atoms with E-state index in [1.54, 1.807) is 38.5 Å². The van der Waals surface area contributed by atoms with E-state index in [1.807, 2.05) is 27.7 Å². The smallest absolute Gasteiger partial charge is 0.0148 e. The molecule has 1 spiro atoms. The van der Waals surface area contributed by atoms with Gasteiger partial charge in [0.05, 0.1) is 0 Å². The van der Waals surface area contributed by atoms with Crippen LogP contribution in [0, 0.1) is 39.4 Å². The van der Waals surface area contributed by atoms with Crippen molar-refractivity contribution < 1.29 is 0 Å². The first-order valence-corrected chi connectivity index (χ1v) is 13.0. The Balaban J connectivity index is 0.000000614. The summed E-state index contributed by atoms with van der Waals surface area (Å²) in [6.07, 6.45) is 16.6. The van der Waals surface area contributed by atoms with Crippen LogP contribution < -0.4 is 0 Å². The minimum atomic E-state index is 0.665. The van der Waals surface area contributed by atoms with Crippen molar-refractivity contribution >= 4 is 0 Å². The van der Waals surface area contributed by atoms with Gasteiger partial charge < -0.3 is 0 Å². The van der Waals surface area contributed by atoms with Crippen LogP contribution in [-0.4, -0.2) is 0 Å². The minimum absolute atomic E-state index is 0.665. The predicted octanol–water partition coefficient (Wildman–Crippen LogP) is 9.28. The molecule has 0 aromatic rings. The van der Waals surface area contributed by atoms with Crippen LogP contribution in [0.5, 0.6) is 0 Å². The van der Waals surface area contributed by atoms with Gasteiger partial charge in [-0.15, -0.1) is 0 Å². The normalized spacial score (nSPS) is 49.0. The van der Waals surface area contributed by atoms with Gasteiger partial charge in [-0.25, -0.2) is 0 Å². The maximum atomic E-state index is 2.72. The van der Waals surface area contributed by atoms with Gasteiger partial charge in [-0.05, 0) is 90.8 Å². The summed E-state index contributed by atoms with van der Waals surface area (Å²) >= 11 is 0. The zero-order valence-electron chi connectivity index (χ0n) is 20.5. The van der Waals surface area contributed by atoms with Gasteiger partial charge >= 0.3 is 0 Å². The quantitative estimate of drug-likeness (QED) is 0.448.